The maximum atomic E-state index is 10.8. The molecule has 5 nitrogen and oxygen atoms in total. The van der Waals surface area contributed by atoms with Gasteiger partial charge >= 0.3 is 11.9 Å². The summed E-state index contributed by atoms with van der Waals surface area (Å²) in [6.07, 6.45) is 0. The SMILES string of the molecule is COc1ccccc1C(C(=O)O)C(=O)O. The van der Waals surface area contributed by atoms with Crippen molar-refractivity contribution in [3.05, 3.63) is 29.8 Å². The molecule has 80 valence electrons. The fourth-order valence-corrected chi connectivity index (χ4v) is 1.28. The molecule has 15 heavy (non-hydrogen) atoms. The molecule has 0 radical (unpaired) electrons. The van der Waals surface area contributed by atoms with Gasteiger partial charge in [0.15, 0.2) is 5.92 Å². The van der Waals surface area contributed by atoms with Crippen molar-refractivity contribution in [2.75, 3.05) is 7.11 Å². The van der Waals surface area contributed by atoms with Crippen LogP contribution < -0.4 is 4.74 Å². The Bertz CT molecular complexity index is 371. The standard InChI is InChI=1S/C10H10O5/c1-15-7-5-3-2-4-6(7)8(9(11)12)10(13)14/h2-5,8H,1H3,(H,11,12)(H,13,14). The van der Waals surface area contributed by atoms with Crippen molar-refractivity contribution in [2.24, 2.45) is 0 Å². The van der Waals surface area contributed by atoms with E-state index in [1.54, 1.807) is 12.1 Å². The Hall–Kier alpha value is -2.04. The van der Waals surface area contributed by atoms with Crippen LogP contribution in [-0.4, -0.2) is 29.3 Å². The molecule has 2 N–H and O–H groups in total. The van der Waals surface area contributed by atoms with E-state index < -0.39 is 17.9 Å². The van der Waals surface area contributed by atoms with E-state index in [0.717, 1.165) is 0 Å². The fourth-order valence-electron chi connectivity index (χ4n) is 1.28. The Morgan fingerprint density at radius 3 is 2.20 bits per heavy atom. The van der Waals surface area contributed by atoms with Crippen LogP contribution in [-0.2, 0) is 9.59 Å². The predicted octanol–water partition coefficient (Wildman–Crippen LogP) is 0.948. The predicted molar refractivity (Wildman–Crippen MR) is 51.0 cm³/mol. The van der Waals surface area contributed by atoms with Gasteiger partial charge in [0.2, 0.25) is 0 Å². The van der Waals surface area contributed by atoms with Gasteiger partial charge in [0.1, 0.15) is 5.75 Å². The lowest BCUT2D eigenvalue weighted by Crippen LogP contribution is -2.21. The summed E-state index contributed by atoms with van der Waals surface area (Å²) in [6.45, 7) is 0. The molecule has 0 fully saturated rings. The molecule has 0 aliphatic rings. The summed E-state index contributed by atoms with van der Waals surface area (Å²) in [5.41, 5.74) is 0.139. The highest BCUT2D eigenvalue weighted by molar-refractivity contribution is 5.99. The molecule has 0 saturated heterocycles. The third kappa shape index (κ3) is 2.25. The number of carboxylic acid groups (broad SMARTS) is 2. The first-order valence-corrected chi connectivity index (χ1v) is 4.16. The average Bonchev–Trinajstić information content (AvgIpc) is 2.17. The summed E-state index contributed by atoms with van der Waals surface area (Å²) in [5, 5.41) is 17.6. The largest absolute Gasteiger partial charge is 0.496 e. The number of para-hydroxylation sites is 1. The van der Waals surface area contributed by atoms with Crippen molar-refractivity contribution in [3.63, 3.8) is 0 Å². The van der Waals surface area contributed by atoms with Crippen molar-refractivity contribution in [1.82, 2.24) is 0 Å². The van der Waals surface area contributed by atoms with Gasteiger partial charge in [-0.3, -0.25) is 9.59 Å². The minimum atomic E-state index is -1.60. The van der Waals surface area contributed by atoms with Gasteiger partial charge in [0, 0.05) is 5.56 Å². The van der Waals surface area contributed by atoms with Crippen molar-refractivity contribution < 1.29 is 24.5 Å². The number of aliphatic carboxylic acids is 2. The second kappa shape index (κ2) is 4.45. The minimum Gasteiger partial charge on any atom is -0.496 e. The quantitative estimate of drug-likeness (QED) is 0.723. The Morgan fingerprint density at radius 2 is 1.73 bits per heavy atom. The molecule has 0 aliphatic heterocycles. The molecular formula is C10H10O5. The summed E-state index contributed by atoms with van der Waals surface area (Å²) < 4.78 is 4.90. The molecule has 1 aromatic rings. The minimum absolute atomic E-state index is 0.139. The van der Waals surface area contributed by atoms with Gasteiger partial charge in [-0.2, -0.15) is 0 Å². The van der Waals surface area contributed by atoms with Gasteiger partial charge in [-0.15, -0.1) is 0 Å². The Morgan fingerprint density at radius 1 is 1.20 bits per heavy atom. The van der Waals surface area contributed by atoms with Crippen LogP contribution in [0.1, 0.15) is 11.5 Å². The lowest BCUT2D eigenvalue weighted by molar-refractivity contribution is -0.150. The monoisotopic (exact) mass is 210 g/mol. The molecule has 0 bridgehead atoms. The summed E-state index contributed by atoms with van der Waals surface area (Å²) >= 11 is 0. The first kappa shape index (κ1) is 11.0. The molecule has 5 heteroatoms. The second-order valence-electron chi connectivity index (χ2n) is 2.85. The van der Waals surface area contributed by atoms with E-state index in [0.29, 0.717) is 0 Å². The Labute approximate surface area is 85.9 Å². The van der Waals surface area contributed by atoms with Crippen LogP contribution in [0.15, 0.2) is 24.3 Å². The number of ether oxygens (including phenoxy) is 1. The normalized spacial score (nSPS) is 10.0. The van der Waals surface area contributed by atoms with Crippen LogP contribution in [0, 0.1) is 0 Å². The molecule has 0 heterocycles. The molecule has 0 unspecified atom stereocenters. The topological polar surface area (TPSA) is 83.8 Å². The van der Waals surface area contributed by atoms with Crippen LogP contribution in [0.25, 0.3) is 0 Å². The smallest absolute Gasteiger partial charge is 0.322 e. The molecule has 0 saturated carbocycles. The highest BCUT2D eigenvalue weighted by Crippen LogP contribution is 2.26. The third-order valence-corrected chi connectivity index (χ3v) is 1.94. The lowest BCUT2D eigenvalue weighted by Gasteiger charge is -2.11. The fraction of sp³-hybridized carbons (Fsp3) is 0.200. The highest BCUT2D eigenvalue weighted by atomic mass is 16.5. The number of hydrogen-bond acceptors (Lipinski definition) is 3. The summed E-state index contributed by atoms with van der Waals surface area (Å²) in [4.78, 5) is 21.5. The molecule has 0 amide bonds. The van der Waals surface area contributed by atoms with E-state index in [1.807, 2.05) is 0 Å². The van der Waals surface area contributed by atoms with Crippen LogP contribution in [0.2, 0.25) is 0 Å². The Balaban J connectivity index is 3.22. The second-order valence-corrected chi connectivity index (χ2v) is 2.85. The summed E-state index contributed by atoms with van der Waals surface area (Å²) in [6, 6.07) is 6.15. The van der Waals surface area contributed by atoms with Crippen LogP contribution >= 0.6 is 0 Å². The van der Waals surface area contributed by atoms with E-state index in [9.17, 15) is 9.59 Å². The van der Waals surface area contributed by atoms with Crippen molar-refractivity contribution in [1.29, 1.82) is 0 Å². The van der Waals surface area contributed by atoms with Gasteiger partial charge in [0.05, 0.1) is 7.11 Å². The van der Waals surface area contributed by atoms with E-state index in [2.05, 4.69) is 0 Å². The van der Waals surface area contributed by atoms with E-state index >= 15 is 0 Å². The van der Waals surface area contributed by atoms with Gasteiger partial charge in [-0.1, -0.05) is 18.2 Å². The number of carboxylic acids is 2. The molecule has 1 rings (SSSR count). The number of rotatable bonds is 4. The summed E-state index contributed by atoms with van der Waals surface area (Å²) in [7, 11) is 1.36. The van der Waals surface area contributed by atoms with Crippen LogP contribution in [0.4, 0.5) is 0 Å². The molecular weight excluding hydrogens is 200 g/mol. The van der Waals surface area contributed by atoms with Gasteiger partial charge in [-0.05, 0) is 6.07 Å². The zero-order valence-electron chi connectivity index (χ0n) is 8.01. The molecule has 1 aromatic carbocycles. The number of benzene rings is 1. The van der Waals surface area contributed by atoms with E-state index in [1.165, 1.54) is 19.2 Å². The zero-order chi connectivity index (χ0) is 11.4. The van der Waals surface area contributed by atoms with Crippen molar-refractivity contribution in [2.45, 2.75) is 5.92 Å². The Kier molecular flexibility index (Phi) is 3.28. The average molecular weight is 210 g/mol. The highest BCUT2D eigenvalue weighted by Gasteiger charge is 2.30. The first-order chi connectivity index (χ1) is 7.07. The van der Waals surface area contributed by atoms with Crippen molar-refractivity contribution in [3.8, 4) is 5.75 Å². The lowest BCUT2D eigenvalue weighted by atomic mass is 9.98. The number of methoxy groups -OCH3 is 1. The first-order valence-electron chi connectivity index (χ1n) is 4.16. The molecule has 0 spiro atoms. The van der Waals surface area contributed by atoms with Gasteiger partial charge in [-0.25, -0.2) is 0 Å². The number of carbonyl (C=O) groups is 2. The van der Waals surface area contributed by atoms with E-state index in [-0.39, 0.29) is 11.3 Å². The zero-order valence-corrected chi connectivity index (χ0v) is 8.01. The van der Waals surface area contributed by atoms with Crippen molar-refractivity contribution >= 4 is 11.9 Å². The summed E-state index contributed by atoms with van der Waals surface area (Å²) in [5.74, 6) is -4.16. The van der Waals surface area contributed by atoms with Crippen LogP contribution in [0.3, 0.4) is 0 Å². The van der Waals surface area contributed by atoms with E-state index in [4.69, 9.17) is 14.9 Å². The van der Waals surface area contributed by atoms with Gasteiger partial charge < -0.3 is 14.9 Å². The van der Waals surface area contributed by atoms with Gasteiger partial charge in [0.25, 0.3) is 0 Å². The van der Waals surface area contributed by atoms with Crippen LogP contribution in [0.5, 0.6) is 5.75 Å². The number of hydrogen-bond donors (Lipinski definition) is 2. The molecule has 0 aromatic heterocycles. The molecule has 0 atom stereocenters. The third-order valence-electron chi connectivity index (χ3n) is 1.94. The maximum Gasteiger partial charge on any atom is 0.322 e. The molecule has 0 aliphatic carbocycles. The maximum absolute atomic E-state index is 10.8.